The van der Waals surface area contributed by atoms with Crippen molar-refractivity contribution in [2.45, 2.75) is 26.7 Å². The van der Waals surface area contributed by atoms with Gasteiger partial charge in [0, 0.05) is 10.2 Å². The Morgan fingerprint density at radius 3 is 2.90 bits per heavy atom. The van der Waals surface area contributed by atoms with Crippen molar-refractivity contribution in [2.24, 2.45) is 0 Å². The minimum Gasteiger partial charge on any atom is -0.360 e. The first kappa shape index (κ1) is 14.8. The van der Waals surface area contributed by atoms with Gasteiger partial charge < -0.3 is 5.32 Å². The molecule has 0 bridgehead atoms. The molecule has 0 saturated carbocycles. The van der Waals surface area contributed by atoms with Crippen molar-refractivity contribution in [1.29, 1.82) is 0 Å². The lowest BCUT2D eigenvalue weighted by atomic mass is 10.2. The molecule has 108 valence electrons. The molecule has 0 aliphatic heterocycles. The van der Waals surface area contributed by atoms with Gasteiger partial charge in [-0.25, -0.2) is 10.5 Å². The zero-order chi connectivity index (χ0) is 14.7. The van der Waals surface area contributed by atoms with Crippen LogP contribution in [0.1, 0.15) is 24.7 Å². The number of hydrogen-bond donors (Lipinski definition) is 3. The number of aromatic nitrogens is 2. The van der Waals surface area contributed by atoms with E-state index in [4.69, 9.17) is 5.21 Å². The Balaban J connectivity index is 2.49. The molecule has 7 heteroatoms. The predicted octanol–water partition coefficient (Wildman–Crippen LogP) is 2.28. The number of hydrogen-bond acceptors (Lipinski definition) is 4. The van der Waals surface area contributed by atoms with Gasteiger partial charge in [-0.3, -0.25) is 14.4 Å². The number of halogens is 1. The number of carbonyl (C=O) groups is 1. The van der Waals surface area contributed by atoms with E-state index < -0.39 is 5.91 Å². The van der Waals surface area contributed by atoms with Crippen molar-refractivity contribution in [3.8, 4) is 0 Å². The molecular formula is C13H17BrN4O2. The molecule has 0 aromatic carbocycles. The third-order valence-corrected chi connectivity index (χ3v) is 3.90. The molecule has 0 aliphatic rings. The number of fused-ring (bicyclic) bond motifs is 1. The molecule has 2 rings (SSSR count). The fraction of sp³-hybridized carbons (Fsp3) is 0.385. The summed E-state index contributed by atoms with van der Waals surface area (Å²) in [6.45, 7) is 4.05. The normalized spacial score (nSPS) is 10.8. The van der Waals surface area contributed by atoms with E-state index in [2.05, 4.69) is 33.2 Å². The van der Waals surface area contributed by atoms with E-state index in [1.54, 1.807) is 5.48 Å². The molecule has 0 spiro atoms. The van der Waals surface area contributed by atoms with Crippen LogP contribution in [0.5, 0.6) is 0 Å². The van der Waals surface area contributed by atoms with E-state index >= 15 is 0 Å². The molecule has 2 aromatic rings. The molecule has 0 unspecified atom stereocenters. The lowest BCUT2D eigenvalue weighted by Crippen LogP contribution is -2.27. The summed E-state index contributed by atoms with van der Waals surface area (Å²) in [6.07, 6.45) is 1.78. The highest BCUT2D eigenvalue weighted by Crippen LogP contribution is 2.25. The van der Waals surface area contributed by atoms with Crippen LogP contribution in [0.2, 0.25) is 0 Å². The van der Waals surface area contributed by atoms with Gasteiger partial charge >= 0.3 is 0 Å². The average molecular weight is 341 g/mol. The van der Waals surface area contributed by atoms with Gasteiger partial charge in [0.25, 0.3) is 5.91 Å². The smallest absolute Gasteiger partial charge is 0.262 e. The van der Waals surface area contributed by atoms with Crippen LogP contribution < -0.4 is 10.8 Å². The summed E-state index contributed by atoms with van der Waals surface area (Å²) in [5.74, 6) is 0.305. The van der Waals surface area contributed by atoms with Crippen LogP contribution in [0.25, 0.3) is 5.65 Å². The number of amides is 1. The second-order valence-corrected chi connectivity index (χ2v) is 5.36. The summed E-state index contributed by atoms with van der Waals surface area (Å²) in [4.78, 5) is 15.8. The molecule has 2 aromatic heterocycles. The zero-order valence-corrected chi connectivity index (χ0v) is 13.0. The molecule has 0 fully saturated rings. The number of rotatable bonds is 5. The van der Waals surface area contributed by atoms with E-state index in [0.29, 0.717) is 0 Å². The number of anilines is 1. The van der Waals surface area contributed by atoms with Gasteiger partial charge in [0.05, 0.1) is 12.2 Å². The number of aryl methyl sites for hydroxylation is 2. The SMILES string of the molecule is CCCc1nc2ccc(Br)c(C)n2c1NCC(=O)NO. The van der Waals surface area contributed by atoms with Crippen molar-refractivity contribution >= 4 is 33.3 Å². The van der Waals surface area contributed by atoms with Gasteiger partial charge in [0.15, 0.2) is 0 Å². The molecule has 1 amide bonds. The quantitative estimate of drug-likeness (QED) is 0.576. The first-order valence-corrected chi connectivity index (χ1v) is 7.21. The van der Waals surface area contributed by atoms with Crippen molar-refractivity contribution in [3.05, 3.63) is 28.0 Å². The van der Waals surface area contributed by atoms with Crippen LogP contribution in [-0.2, 0) is 11.2 Å². The molecule has 3 N–H and O–H groups in total. The number of pyridine rings is 1. The van der Waals surface area contributed by atoms with Gasteiger partial charge in [0.2, 0.25) is 0 Å². The van der Waals surface area contributed by atoms with Crippen LogP contribution in [0, 0.1) is 6.92 Å². The van der Waals surface area contributed by atoms with Crippen LogP contribution in [0.3, 0.4) is 0 Å². The molecule has 0 saturated heterocycles. The Morgan fingerprint density at radius 1 is 1.50 bits per heavy atom. The highest BCUT2D eigenvalue weighted by molar-refractivity contribution is 9.10. The second kappa shape index (κ2) is 6.23. The highest BCUT2D eigenvalue weighted by atomic mass is 79.9. The average Bonchev–Trinajstić information content (AvgIpc) is 2.79. The van der Waals surface area contributed by atoms with E-state index in [-0.39, 0.29) is 6.54 Å². The Bertz CT molecular complexity index is 639. The number of nitrogens with one attached hydrogen (secondary N) is 2. The van der Waals surface area contributed by atoms with Gasteiger partial charge in [-0.1, -0.05) is 13.3 Å². The van der Waals surface area contributed by atoms with Gasteiger partial charge in [-0.05, 0) is 41.4 Å². The Hall–Kier alpha value is -1.60. The predicted molar refractivity (Wildman–Crippen MR) is 80.0 cm³/mol. The molecule has 6 nitrogen and oxygen atoms in total. The van der Waals surface area contributed by atoms with Crippen LogP contribution in [0.4, 0.5) is 5.82 Å². The highest BCUT2D eigenvalue weighted by Gasteiger charge is 2.15. The first-order valence-electron chi connectivity index (χ1n) is 6.41. The number of carbonyl (C=O) groups excluding carboxylic acids is 1. The summed E-state index contributed by atoms with van der Waals surface area (Å²) in [5.41, 5.74) is 4.37. The lowest BCUT2D eigenvalue weighted by Gasteiger charge is -2.10. The Morgan fingerprint density at radius 2 is 2.25 bits per heavy atom. The third kappa shape index (κ3) is 2.78. The monoisotopic (exact) mass is 340 g/mol. The van der Waals surface area contributed by atoms with E-state index in [1.165, 1.54) is 0 Å². The maximum atomic E-state index is 11.2. The molecule has 0 atom stereocenters. The van der Waals surface area contributed by atoms with Crippen molar-refractivity contribution in [1.82, 2.24) is 14.9 Å². The van der Waals surface area contributed by atoms with E-state index in [0.717, 1.165) is 40.2 Å². The topological polar surface area (TPSA) is 78.7 Å². The summed E-state index contributed by atoms with van der Waals surface area (Å²) in [7, 11) is 0. The molecule has 20 heavy (non-hydrogen) atoms. The summed E-state index contributed by atoms with van der Waals surface area (Å²) < 4.78 is 2.94. The summed E-state index contributed by atoms with van der Waals surface area (Å²) in [6, 6.07) is 3.88. The zero-order valence-electron chi connectivity index (χ0n) is 11.4. The molecular weight excluding hydrogens is 324 g/mol. The minimum absolute atomic E-state index is 0.00698. The number of hydroxylamine groups is 1. The second-order valence-electron chi connectivity index (χ2n) is 4.51. The minimum atomic E-state index is -0.491. The summed E-state index contributed by atoms with van der Waals surface area (Å²) in [5, 5.41) is 11.6. The van der Waals surface area contributed by atoms with E-state index in [1.807, 2.05) is 23.5 Å². The fourth-order valence-corrected chi connectivity index (χ4v) is 2.42. The standard InChI is InChI=1S/C13H17BrN4O2/c1-3-4-10-13(15-7-12(19)17-20)18-8(2)9(14)5-6-11(18)16-10/h5-6,15,20H,3-4,7H2,1-2H3,(H,17,19). The Kier molecular flexibility index (Phi) is 4.61. The maximum Gasteiger partial charge on any atom is 0.262 e. The summed E-state index contributed by atoms with van der Waals surface area (Å²) >= 11 is 3.50. The van der Waals surface area contributed by atoms with Crippen LogP contribution in [-0.4, -0.2) is 27.0 Å². The van der Waals surface area contributed by atoms with Gasteiger partial charge in [-0.2, -0.15) is 0 Å². The van der Waals surface area contributed by atoms with Crippen LogP contribution >= 0.6 is 15.9 Å². The van der Waals surface area contributed by atoms with Crippen molar-refractivity contribution < 1.29 is 10.0 Å². The van der Waals surface area contributed by atoms with Crippen molar-refractivity contribution in [3.63, 3.8) is 0 Å². The molecule has 2 heterocycles. The fourth-order valence-electron chi connectivity index (χ4n) is 2.11. The number of nitrogens with zero attached hydrogens (tertiary/aromatic N) is 2. The molecule has 0 radical (unpaired) electrons. The van der Waals surface area contributed by atoms with Crippen molar-refractivity contribution in [2.75, 3.05) is 11.9 Å². The van der Waals surface area contributed by atoms with Gasteiger partial charge in [0.1, 0.15) is 11.5 Å². The van der Waals surface area contributed by atoms with Gasteiger partial charge in [-0.15, -0.1) is 0 Å². The number of imidazole rings is 1. The lowest BCUT2D eigenvalue weighted by molar-refractivity contribution is -0.127. The first-order chi connectivity index (χ1) is 9.58. The van der Waals surface area contributed by atoms with E-state index in [9.17, 15) is 4.79 Å². The third-order valence-electron chi connectivity index (χ3n) is 3.06. The molecule has 0 aliphatic carbocycles. The Labute approximate surface area is 125 Å². The largest absolute Gasteiger partial charge is 0.360 e. The maximum absolute atomic E-state index is 11.2. The van der Waals surface area contributed by atoms with Crippen LogP contribution in [0.15, 0.2) is 16.6 Å².